The molecular weight excluding hydrogens is 354 g/mol. The Balaban J connectivity index is 1.83. The first-order chi connectivity index (χ1) is 13.5. The van der Waals surface area contributed by atoms with Crippen molar-refractivity contribution in [3.05, 3.63) is 71.2 Å². The van der Waals surface area contributed by atoms with Crippen LogP contribution in [0.3, 0.4) is 0 Å². The number of hydrogen-bond acceptors (Lipinski definition) is 6. The van der Waals surface area contributed by atoms with Gasteiger partial charge >= 0.3 is 0 Å². The van der Waals surface area contributed by atoms with Crippen LogP contribution in [0.2, 0.25) is 0 Å². The van der Waals surface area contributed by atoms with Gasteiger partial charge in [-0.25, -0.2) is 9.97 Å². The fourth-order valence-corrected chi connectivity index (χ4v) is 2.63. The van der Waals surface area contributed by atoms with Crippen LogP contribution in [0.1, 0.15) is 27.4 Å². The molecule has 0 aliphatic carbocycles. The van der Waals surface area contributed by atoms with E-state index >= 15 is 0 Å². The van der Waals surface area contributed by atoms with Crippen LogP contribution < -0.4 is 15.4 Å². The molecule has 0 spiro atoms. The summed E-state index contributed by atoms with van der Waals surface area (Å²) in [6, 6.07) is 16.1. The Bertz CT molecular complexity index is 1060. The smallest absolute Gasteiger partial charge is 0.274 e. The molecular formula is C21H19N5O2. The summed E-state index contributed by atoms with van der Waals surface area (Å²) in [4.78, 5) is 21.3. The largest absolute Gasteiger partial charge is 0.495 e. The molecule has 0 aliphatic heterocycles. The van der Waals surface area contributed by atoms with Crippen molar-refractivity contribution in [2.24, 2.45) is 0 Å². The van der Waals surface area contributed by atoms with Gasteiger partial charge in [-0.15, -0.1) is 0 Å². The van der Waals surface area contributed by atoms with Gasteiger partial charge in [0, 0.05) is 11.8 Å². The van der Waals surface area contributed by atoms with Gasteiger partial charge in [0.25, 0.3) is 5.91 Å². The molecule has 0 aliphatic rings. The van der Waals surface area contributed by atoms with E-state index in [-0.39, 0.29) is 11.6 Å². The number of carbonyl (C=O) groups excluding carboxylic acids is 1. The highest BCUT2D eigenvalue weighted by molar-refractivity contribution is 6.04. The van der Waals surface area contributed by atoms with E-state index < -0.39 is 0 Å². The number of nitrogens with one attached hydrogen (secondary N) is 2. The lowest BCUT2D eigenvalue weighted by atomic mass is 10.2. The van der Waals surface area contributed by atoms with Crippen molar-refractivity contribution < 1.29 is 9.53 Å². The number of nitrogens with zero attached hydrogens (tertiary/aromatic N) is 3. The summed E-state index contributed by atoms with van der Waals surface area (Å²) in [6.45, 7) is 3.65. The lowest BCUT2D eigenvalue weighted by Gasteiger charge is -2.12. The number of aromatic nitrogens is 2. The second kappa shape index (κ2) is 8.18. The zero-order valence-electron chi connectivity index (χ0n) is 15.8. The van der Waals surface area contributed by atoms with Gasteiger partial charge in [0.15, 0.2) is 0 Å². The zero-order chi connectivity index (χ0) is 20.1. The van der Waals surface area contributed by atoms with Gasteiger partial charge in [0.05, 0.1) is 24.4 Å². The normalized spacial score (nSPS) is 10.1. The molecule has 2 N–H and O–H groups in total. The average molecular weight is 373 g/mol. The topological polar surface area (TPSA) is 99.9 Å². The second-order valence-electron chi connectivity index (χ2n) is 6.16. The van der Waals surface area contributed by atoms with Crippen LogP contribution >= 0.6 is 0 Å². The lowest BCUT2D eigenvalue weighted by Crippen LogP contribution is -2.16. The molecule has 0 fully saturated rings. The molecule has 7 heteroatoms. The molecule has 0 atom stereocenters. The molecule has 1 aromatic heterocycles. The molecule has 3 rings (SSSR count). The van der Waals surface area contributed by atoms with Gasteiger partial charge < -0.3 is 15.4 Å². The quantitative estimate of drug-likeness (QED) is 0.702. The number of ether oxygens (including phenoxy) is 1. The van der Waals surface area contributed by atoms with Crippen LogP contribution in [0, 0.1) is 25.2 Å². The number of methoxy groups -OCH3 is 1. The first-order valence-electron chi connectivity index (χ1n) is 8.57. The van der Waals surface area contributed by atoms with Crippen LogP contribution in [-0.2, 0) is 0 Å². The average Bonchev–Trinajstić information content (AvgIpc) is 2.68. The predicted octanol–water partition coefficient (Wildman–Crippen LogP) is 3.97. The zero-order valence-corrected chi connectivity index (χ0v) is 15.8. The fraction of sp³-hybridized carbons (Fsp3) is 0.143. The first-order valence-corrected chi connectivity index (χ1v) is 8.57. The molecule has 0 saturated carbocycles. The van der Waals surface area contributed by atoms with E-state index in [1.54, 1.807) is 50.4 Å². The minimum absolute atomic E-state index is 0.229. The van der Waals surface area contributed by atoms with Gasteiger partial charge in [0.1, 0.15) is 23.1 Å². The highest BCUT2D eigenvalue weighted by Crippen LogP contribution is 2.26. The lowest BCUT2D eigenvalue weighted by molar-refractivity contribution is 0.102. The van der Waals surface area contributed by atoms with Gasteiger partial charge in [-0.2, -0.15) is 5.26 Å². The van der Waals surface area contributed by atoms with Gasteiger partial charge in [-0.1, -0.05) is 6.07 Å². The Labute approximate surface area is 163 Å². The van der Waals surface area contributed by atoms with E-state index in [2.05, 4.69) is 26.7 Å². The second-order valence-corrected chi connectivity index (χ2v) is 6.16. The Morgan fingerprint density at radius 3 is 2.50 bits per heavy atom. The number of anilines is 3. The summed E-state index contributed by atoms with van der Waals surface area (Å²) in [5.41, 5.74) is 3.12. The van der Waals surface area contributed by atoms with Crippen LogP contribution in [0.15, 0.2) is 48.5 Å². The number of amides is 1. The SMILES string of the molecule is COc1ccc(C)cc1NC(=O)c1cc(Nc2ccc(C#N)cc2)nc(C)n1. The molecule has 3 aromatic rings. The molecule has 140 valence electrons. The molecule has 0 saturated heterocycles. The summed E-state index contributed by atoms with van der Waals surface area (Å²) >= 11 is 0. The minimum atomic E-state index is -0.364. The molecule has 7 nitrogen and oxygen atoms in total. The third-order valence-corrected chi connectivity index (χ3v) is 3.96. The maximum atomic E-state index is 12.7. The molecule has 0 bridgehead atoms. The number of nitriles is 1. The Morgan fingerprint density at radius 2 is 1.82 bits per heavy atom. The fourth-order valence-electron chi connectivity index (χ4n) is 2.63. The molecule has 2 aromatic carbocycles. The highest BCUT2D eigenvalue weighted by atomic mass is 16.5. The monoisotopic (exact) mass is 373 g/mol. The van der Waals surface area contributed by atoms with Crippen molar-refractivity contribution >= 4 is 23.1 Å². The predicted molar refractivity (Wildman–Crippen MR) is 107 cm³/mol. The van der Waals surface area contributed by atoms with E-state index in [9.17, 15) is 4.79 Å². The van der Waals surface area contributed by atoms with E-state index in [0.717, 1.165) is 11.3 Å². The van der Waals surface area contributed by atoms with Crippen molar-refractivity contribution in [1.82, 2.24) is 9.97 Å². The standard InChI is InChI=1S/C21H19N5O2/c1-13-4-9-19(28-3)17(10-13)26-21(27)18-11-20(24-14(2)23-18)25-16-7-5-15(12-22)6-8-16/h4-11H,1-3H3,(H,26,27)(H,23,24,25). The van der Waals surface area contributed by atoms with Gasteiger partial charge in [0.2, 0.25) is 0 Å². The summed E-state index contributed by atoms with van der Waals surface area (Å²) < 4.78 is 5.30. The third kappa shape index (κ3) is 4.43. The number of rotatable bonds is 5. The van der Waals surface area contributed by atoms with Gasteiger partial charge in [-0.05, 0) is 55.8 Å². The summed E-state index contributed by atoms with van der Waals surface area (Å²) in [5, 5.41) is 14.8. The van der Waals surface area contributed by atoms with Crippen molar-refractivity contribution in [2.45, 2.75) is 13.8 Å². The minimum Gasteiger partial charge on any atom is -0.495 e. The Hall–Kier alpha value is -3.92. The van der Waals surface area contributed by atoms with Crippen molar-refractivity contribution in [3.8, 4) is 11.8 Å². The molecule has 0 unspecified atom stereocenters. The maximum absolute atomic E-state index is 12.7. The summed E-state index contributed by atoms with van der Waals surface area (Å²) in [7, 11) is 1.55. The Morgan fingerprint density at radius 1 is 1.07 bits per heavy atom. The molecule has 1 heterocycles. The molecule has 28 heavy (non-hydrogen) atoms. The van der Waals surface area contributed by atoms with Crippen molar-refractivity contribution in [3.63, 3.8) is 0 Å². The molecule has 1 amide bonds. The van der Waals surface area contributed by atoms with E-state index in [1.807, 2.05) is 19.1 Å². The van der Waals surface area contributed by atoms with E-state index in [1.165, 1.54) is 0 Å². The van der Waals surface area contributed by atoms with Crippen molar-refractivity contribution in [1.29, 1.82) is 5.26 Å². The molecule has 0 radical (unpaired) electrons. The maximum Gasteiger partial charge on any atom is 0.274 e. The number of aryl methyl sites for hydroxylation is 2. The van der Waals surface area contributed by atoms with E-state index in [0.29, 0.717) is 28.6 Å². The van der Waals surface area contributed by atoms with Crippen LogP contribution in [0.5, 0.6) is 5.75 Å². The van der Waals surface area contributed by atoms with E-state index in [4.69, 9.17) is 10.00 Å². The van der Waals surface area contributed by atoms with Crippen molar-refractivity contribution in [2.75, 3.05) is 17.7 Å². The first kappa shape index (κ1) is 18.9. The van der Waals surface area contributed by atoms with Gasteiger partial charge in [-0.3, -0.25) is 4.79 Å². The van der Waals surface area contributed by atoms with Crippen LogP contribution in [0.25, 0.3) is 0 Å². The highest BCUT2D eigenvalue weighted by Gasteiger charge is 2.14. The summed E-state index contributed by atoms with van der Waals surface area (Å²) in [5.74, 6) is 1.15. The summed E-state index contributed by atoms with van der Waals surface area (Å²) in [6.07, 6.45) is 0. The number of benzene rings is 2. The third-order valence-electron chi connectivity index (χ3n) is 3.96. The Kier molecular flexibility index (Phi) is 5.51. The van der Waals surface area contributed by atoms with Crippen LogP contribution in [-0.4, -0.2) is 23.0 Å². The van der Waals surface area contributed by atoms with Crippen LogP contribution in [0.4, 0.5) is 17.2 Å². The number of hydrogen-bond donors (Lipinski definition) is 2. The number of carbonyl (C=O) groups is 1.